The van der Waals surface area contributed by atoms with Gasteiger partial charge in [0.15, 0.2) is 5.96 Å². The van der Waals surface area contributed by atoms with Gasteiger partial charge in [-0.2, -0.15) is 0 Å². The Balaban J connectivity index is 0.00000364. The molecule has 0 aromatic heterocycles. The summed E-state index contributed by atoms with van der Waals surface area (Å²) in [5, 5.41) is 3.49. The molecular weight excluding hydrogens is 451 g/mol. The maximum atomic E-state index is 5.22. The molecule has 154 valence electrons. The highest BCUT2D eigenvalue weighted by Crippen LogP contribution is 2.15. The zero-order chi connectivity index (χ0) is 18.8. The van der Waals surface area contributed by atoms with E-state index in [0.29, 0.717) is 0 Å². The quantitative estimate of drug-likeness (QED) is 0.261. The highest BCUT2D eigenvalue weighted by molar-refractivity contribution is 14.0. The van der Waals surface area contributed by atoms with Crippen LogP contribution in [0.4, 0.5) is 0 Å². The molecule has 6 heteroatoms. The summed E-state index contributed by atoms with van der Waals surface area (Å²) in [5.74, 6) is 2.71. The molecule has 0 spiro atoms. The molecule has 27 heavy (non-hydrogen) atoms. The molecule has 1 aliphatic heterocycles. The molecule has 1 N–H and O–H groups in total. The molecule has 0 aliphatic carbocycles. The lowest BCUT2D eigenvalue weighted by atomic mass is 10.0. The number of hydrogen-bond acceptors (Lipinski definition) is 3. The smallest absolute Gasteiger partial charge is 0.193 e. The third kappa shape index (κ3) is 8.68. The number of unbranched alkanes of at least 4 members (excludes halogenated alkanes) is 1. The van der Waals surface area contributed by atoms with E-state index in [1.807, 2.05) is 19.2 Å². The van der Waals surface area contributed by atoms with Gasteiger partial charge in [-0.05, 0) is 62.4 Å². The van der Waals surface area contributed by atoms with Gasteiger partial charge in [-0.1, -0.05) is 19.1 Å². The number of nitrogens with one attached hydrogen (secondary N) is 1. The van der Waals surface area contributed by atoms with E-state index in [1.165, 1.54) is 50.9 Å². The molecule has 1 unspecified atom stereocenters. The molecule has 1 saturated heterocycles. The fraction of sp³-hybridized carbons (Fsp3) is 0.667. The van der Waals surface area contributed by atoms with Gasteiger partial charge >= 0.3 is 0 Å². The minimum Gasteiger partial charge on any atom is -0.497 e. The number of likely N-dealkylation sites (tertiary alicyclic amines) is 1. The van der Waals surface area contributed by atoms with E-state index >= 15 is 0 Å². The van der Waals surface area contributed by atoms with Crippen molar-refractivity contribution in [2.75, 3.05) is 47.4 Å². The van der Waals surface area contributed by atoms with Crippen molar-refractivity contribution in [1.82, 2.24) is 15.1 Å². The molecule has 5 nitrogen and oxygen atoms in total. The van der Waals surface area contributed by atoms with E-state index in [0.717, 1.165) is 30.7 Å². The third-order valence-corrected chi connectivity index (χ3v) is 5.08. The van der Waals surface area contributed by atoms with Crippen molar-refractivity contribution in [2.24, 2.45) is 10.9 Å². The highest BCUT2D eigenvalue weighted by Gasteiger charge is 2.15. The van der Waals surface area contributed by atoms with Crippen molar-refractivity contribution >= 4 is 29.9 Å². The van der Waals surface area contributed by atoms with Crippen molar-refractivity contribution in [2.45, 2.75) is 39.2 Å². The second-order valence-electron chi connectivity index (χ2n) is 7.43. The topological polar surface area (TPSA) is 40.1 Å². The molecule has 0 bridgehead atoms. The third-order valence-electron chi connectivity index (χ3n) is 5.08. The molecule has 1 aliphatic rings. The van der Waals surface area contributed by atoms with Crippen LogP contribution in [0.1, 0.15) is 38.2 Å². The van der Waals surface area contributed by atoms with Crippen LogP contribution in [-0.4, -0.2) is 63.1 Å². The Kier molecular flexibility index (Phi) is 11.7. The Bertz CT molecular complexity index is 550. The van der Waals surface area contributed by atoms with Gasteiger partial charge in [-0.25, -0.2) is 0 Å². The van der Waals surface area contributed by atoms with E-state index in [-0.39, 0.29) is 24.0 Å². The molecule has 1 fully saturated rings. The normalized spacial score (nSPS) is 17.9. The van der Waals surface area contributed by atoms with Gasteiger partial charge in [-0.3, -0.25) is 4.99 Å². The van der Waals surface area contributed by atoms with Crippen molar-refractivity contribution in [3.63, 3.8) is 0 Å². The van der Waals surface area contributed by atoms with Crippen molar-refractivity contribution < 1.29 is 4.74 Å². The summed E-state index contributed by atoms with van der Waals surface area (Å²) in [6, 6.07) is 8.20. The number of methoxy groups -OCH3 is 1. The number of guanidine groups is 1. The summed E-state index contributed by atoms with van der Waals surface area (Å²) in [6.07, 6.45) is 5.19. The molecule has 2 rings (SSSR count). The predicted octanol–water partition coefficient (Wildman–Crippen LogP) is 3.83. The van der Waals surface area contributed by atoms with Gasteiger partial charge in [0.1, 0.15) is 5.75 Å². The Labute approximate surface area is 182 Å². The number of nitrogens with zero attached hydrogens (tertiary/aromatic N) is 3. The predicted molar refractivity (Wildman–Crippen MR) is 125 cm³/mol. The van der Waals surface area contributed by atoms with Gasteiger partial charge in [0.25, 0.3) is 0 Å². The molecule has 1 aromatic carbocycles. The first kappa shape index (κ1) is 24.0. The van der Waals surface area contributed by atoms with E-state index in [9.17, 15) is 0 Å². The maximum Gasteiger partial charge on any atom is 0.193 e. The van der Waals surface area contributed by atoms with E-state index in [1.54, 1.807) is 7.11 Å². The number of piperidine rings is 1. The van der Waals surface area contributed by atoms with Crippen LogP contribution in [0.3, 0.4) is 0 Å². The van der Waals surface area contributed by atoms with Crippen LogP contribution in [0.15, 0.2) is 29.3 Å². The number of rotatable bonds is 8. The van der Waals surface area contributed by atoms with Crippen LogP contribution in [0, 0.1) is 5.92 Å². The van der Waals surface area contributed by atoms with Crippen LogP contribution < -0.4 is 10.1 Å². The zero-order valence-corrected chi connectivity index (χ0v) is 19.7. The Morgan fingerprint density at radius 2 is 2.04 bits per heavy atom. The first-order chi connectivity index (χ1) is 12.6. The van der Waals surface area contributed by atoms with E-state index in [4.69, 9.17) is 4.74 Å². The average Bonchev–Trinajstić information content (AvgIpc) is 2.65. The van der Waals surface area contributed by atoms with Crippen LogP contribution in [0.2, 0.25) is 0 Å². The second kappa shape index (κ2) is 13.2. The molecule has 1 atom stereocenters. The number of hydrogen-bond donors (Lipinski definition) is 1. The largest absolute Gasteiger partial charge is 0.497 e. The molecule has 0 radical (unpaired) electrons. The Hall–Kier alpha value is -1.02. The standard InChI is InChI=1S/C21H36N4O.HI/c1-18-8-7-15-25(16-18)14-6-5-13-23-21(22-2)24(3)17-19-9-11-20(26-4)12-10-19;/h9-12,18H,5-8,13-17H2,1-4H3,(H,22,23);1H. The van der Waals surface area contributed by atoms with Crippen molar-refractivity contribution in [3.05, 3.63) is 29.8 Å². The second-order valence-corrected chi connectivity index (χ2v) is 7.43. The number of ether oxygens (including phenoxy) is 1. The summed E-state index contributed by atoms with van der Waals surface area (Å²) in [6.45, 7) is 7.96. The van der Waals surface area contributed by atoms with Crippen LogP contribution in [-0.2, 0) is 6.54 Å². The van der Waals surface area contributed by atoms with Gasteiger partial charge in [-0.15, -0.1) is 24.0 Å². The number of benzene rings is 1. The molecule has 1 heterocycles. The molecule has 0 saturated carbocycles. The van der Waals surface area contributed by atoms with Gasteiger partial charge < -0.3 is 19.9 Å². The SMILES string of the molecule is CN=C(NCCCCN1CCCC(C)C1)N(C)Cc1ccc(OC)cc1.I. The summed E-state index contributed by atoms with van der Waals surface area (Å²) in [7, 11) is 5.62. The van der Waals surface area contributed by atoms with Gasteiger partial charge in [0.05, 0.1) is 7.11 Å². The maximum absolute atomic E-state index is 5.22. The van der Waals surface area contributed by atoms with Gasteiger partial charge in [0.2, 0.25) is 0 Å². The first-order valence-corrected chi connectivity index (χ1v) is 9.89. The van der Waals surface area contributed by atoms with Crippen LogP contribution >= 0.6 is 24.0 Å². The number of halogens is 1. The Morgan fingerprint density at radius 1 is 1.30 bits per heavy atom. The zero-order valence-electron chi connectivity index (χ0n) is 17.4. The lowest BCUT2D eigenvalue weighted by Crippen LogP contribution is -2.39. The lowest BCUT2D eigenvalue weighted by molar-refractivity contribution is 0.181. The van der Waals surface area contributed by atoms with Crippen molar-refractivity contribution in [3.8, 4) is 5.75 Å². The lowest BCUT2D eigenvalue weighted by Gasteiger charge is -2.30. The van der Waals surface area contributed by atoms with Crippen molar-refractivity contribution in [1.29, 1.82) is 0 Å². The summed E-state index contributed by atoms with van der Waals surface area (Å²) >= 11 is 0. The van der Waals surface area contributed by atoms with Gasteiger partial charge in [0, 0.05) is 33.7 Å². The molecule has 1 aromatic rings. The van der Waals surface area contributed by atoms with Crippen LogP contribution in [0.5, 0.6) is 5.75 Å². The minimum atomic E-state index is 0. The van der Waals surface area contributed by atoms with E-state index in [2.05, 4.69) is 46.2 Å². The fourth-order valence-electron chi connectivity index (χ4n) is 3.61. The Morgan fingerprint density at radius 3 is 2.67 bits per heavy atom. The summed E-state index contributed by atoms with van der Waals surface area (Å²) < 4.78 is 5.22. The van der Waals surface area contributed by atoms with E-state index < -0.39 is 0 Å². The summed E-state index contributed by atoms with van der Waals surface area (Å²) in [5.41, 5.74) is 1.25. The monoisotopic (exact) mass is 488 g/mol. The first-order valence-electron chi connectivity index (χ1n) is 9.89. The molecular formula is C21H37IN4O. The fourth-order valence-corrected chi connectivity index (χ4v) is 3.61. The number of aliphatic imine (C=N–C) groups is 1. The molecule has 0 amide bonds. The average molecular weight is 488 g/mol. The minimum absolute atomic E-state index is 0. The van der Waals surface area contributed by atoms with Crippen LogP contribution in [0.25, 0.3) is 0 Å². The summed E-state index contributed by atoms with van der Waals surface area (Å²) in [4.78, 5) is 9.20. The highest BCUT2D eigenvalue weighted by atomic mass is 127.